The third-order valence-electron chi connectivity index (χ3n) is 1.60. The molecule has 0 aromatic carbocycles. The third kappa shape index (κ3) is 2.38. The van der Waals surface area contributed by atoms with Crippen LogP contribution in [-0.4, -0.2) is 20.5 Å². The van der Waals surface area contributed by atoms with E-state index >= 15 is 0 Å². The first-order valence-electron chi connectivity index (χ1n) is 3.83. The lowest BCUT2D eigenvalue weighted by Crippen LogP contribution is -2.24. The summed E-state index contributed by atoms with van der Waals surface area (Å²) in [7, 11) is -1.40. The average Bonchev–Trinajstić information content (AvgIpc) is 2.56. The van der Waals surface area contributed by atoms with Crippen molar-refractivity contribution in [2.45, 2.75) is 22.8 Å². The number of carboxylic acid groups (broad SMARTS) is 1. The second-order valence-electron chi connectivity index (χ2n) is 2.46. The molecule has 1 aromatic heterocycles. The van der Waals surface area contributed by atoms with E-state index < -0.39 is 22.0 Å². The van der Waals surface area contributed by atoms with Gasteiger partial charge in [-0.05, 0) is 17.9 Å². The van der Waals surface area contributed by atoms with Gasteiger partial charge in [0.15, 0.2) is 0 Å². The summed E-state index contributed by atoms with van der Waals surface area (Å²) in [5.41, 5.74) is 0. The van der Waals surface area contributed by atoms with E-state index in [1.807, 2.05) is 0 Å². The Morgan fingerprint density at radius 3 is 2.85 bits per heavy atom. The number of thiophene rings is 1. The van der Waals surface area contributed by atoms with Crippen LogP contribution in [0.5, 0.6) is 0 Å². The Labute approximate surface area is 82.9 Å². The Morgan fingerprint density at radius 1 is 1.77 bits per heavy atom. The quantitative estimate of drug-likeness (QED) is 0.837. The molecule has 1 heterocycles. The monoisotopic (exact) mass is 218 g/mol. The maximum Gasteiger partial charge on any atom is 0.319 e. The van der Waals surface area contributed by atoms with E-state index in [9.17, 15) is 9.00 Å². The van der Waals surface area contributed by atoms with Gasteiger partial charge in [-0.3, -0.25) is 9.00 Å². The maximum absolute atomic E-state index is 11.6. The van der Waals surface area contributed by atoms with Crippen LogP contribution in [0.15, 0.2) is 21.7 Å². The molecule has 0 saturated carbocycles. The first kappa shape index (κ1) is 10.4. The molecule has 1 aromatic rings. The van der Waals surface area contributed by atoms with E-state index in [2.05, 4.69) is 0 Å². The molecule has 0 radical (unpaired) electrons. The van der Waals surface area contributed by atoms with E-state index in [1.165, 1.54) is 11.3 Å². The summed E-state index contributed by atoms with van der Waals surface area (Å²) in [6.07, 6.45) is 0.389. The van der Waals surface area contributed by atoms with E-state index in [0.717, 1.165) is 0 Å². The molecule has 5 heteroatoms. The molecule has 2 unspecified atom stereocenters. The smallest absolute Gasteiger partial charge is 0.319 e. The van der Waals surface area contributed by atoms with Crippen molar-refractivity contribution in [2.75, 3.05) is 0 Å². The fourth-order valence-electron chi connectivity index (χ4n) is 0.936. The van der Waals surface area contributed by atoms with Gasteiger partial charge < -0.3 is 5.11 Å². The summed E-state index contributed by atoms with van der Waals surface area (Å²) in [5.74, 6) is -0.991. The zero-order chi connectivity index (χ0) is 9.84. The minimum absolute atomic E-state index is 0.389. The Bertz CT molecular complexity index is 305. The van der Waals surface area contributed by atoms with Crippen molar-refractivity contribution in [1.82, 2.24) is 0 Å². The largest absolute Gasteiger partial charge is 0.480 e. The van der Waals surface area contributed by atoms with Crippen molar-refractivity contribution >= 4 is 28.1 Å². The highest BCUT2D eigenvalue weighted by molar-refractivity contribution is 7.88. The lowest BCUT2D eigenvalue weighted by molar-refractivity contribution is -0.136. The maximum atomic E-state index is 11.6. The number of aliphatic carboxylic acids is 1. The van der Waals surface area contributed by atoms with Crippen molar-refractivity contribution < 1.29 is 14.1 Å². The Balaban J connectivity index is 2.83. The van der Waals surface area contributed by atoms with Gasteiger partial charge in [0.1, 0.15) is 5.25 Å². The molecule has 1 rings (SSSR count). The van der Waals surface area contributed by atoms with Gasteiger partial charge in [-0.2, -0.15) is 0 Å². The molecule has 0 spiro atoms. The van der Waals surface area contributed by atoms with Gasteiger partial charge in [-0.15, -0.1) is 11.3 Å². The van der Waals surface area contributed by atoms with Crippen molar-refractivity contribution in [2.24, 2.45) is 0 Å². The molecule has 1 N–H and O–H groups in total. The standard InChI is InChI=1S/C8H10O3S2/c1-2-6(8(9)10)13(11)7-4-3-5-12-7/h3-6H,2H2,1H3,(H,9,10). The summed E-state index contributed by atoms with van der Waals surface area (Å²) in [4.78, 5) is 10.7. The fourth-order valence-corrected chi connectivity index (χ4v) is 3.26. The van der Waals surface area contributed by atoms with E-state index in [-0.39, 0.29) is 0 Å². The Kier molecular flexibility index (Phi) is 3.62. The normalized spacial score (nSPS) is 15.2. The Morgan fingerprint density at radius 2 is 2.46 bits per heavy atom. The molecule has 0 aliphatic carbocycles. The fraction of sp³-hybridized carbons (Fsp3) is 0.375. The summed E-state index contributed by atoms with van der Waals surface area (Å²) in [5, 5.41) is 9.77. The van der Waals surface area contributed by atoms with Gasteiger partial charge in [0.05, 0.1) is 15.0 Å². The van der Waals surface area contributed by atoms with Crippen LogP contribution in [0.2, 0.25) is 0 Å². The molecular formula is C8H10O3S2. The van der Waals surface area contributed by atoms with E-state index in [4.69, 9.17) is 5.11 Å². The molecule has 0 aliphatic rings. The minimum atomic E-state index is -1.40. The van der Waals surface area contributed by atoms with Gasteiger partial charge in [-0.1, -0.05) is 13.0 Å². The molecule has 2 atom stereocenters. The van der Waals surface area contributed by atoms with Crippen molar-refractivity contribution in [1.29, 1.82) is 0 Å². The molecule has 3 nitrogen and oxygen atoms in total. The zero-order valence-corrected chi connectivity index (χ0v) is 8.73. The van der Waals surface area contributed by atoms with Crippen LogP contribution in [0.25, 0.3) is 0 Å². The van der Waals surface area contributed by atoms with Gasteiger partial charge in [0.25, 0.3) is 0 Å². The van der Waals surface area contributed by atoms with Crippen LogP contribution in [0.1, 0.15) is 13.3 Å². The van der Waals surface area contributed by atoms with Crippen molar-refractivity contribution in [3.8, 4) is 0 Å². The number of rotatable bonds is 4. The van der Waals surface area contributed by atoms with Gasteiger partial charge in [0, 0.05) is 0 Å². The average molecular weight is 218 g/mol. The van der Waals surface area contributed by atoms with Crippen LogP contribution in [-0.2, 0) is 15.6 Å². The first-order chi connectivity index (χ1) is 6.16. The molecule has 0 bridgehead atoms. The molecular weight excluding hydrogens is 208 g/mol. The highest BCUT2D eigenvalue weighted by Crippen LogP contribution is 2.18. The second-order valence-corrected chi connectivity index (χ2v) is 5.27. The second kappa shape index (κ2) is 4.53. The predicted octanol–water partition coefficient (Wildman–Crippen LogP) is 1.72. The topological polar surface area (TPSA) is 54.4 Å². The van der Waals surface area contributed by atoms with Crippen LogP contribution in [0, 0.1) is 0 Å². The molecule has 0 aliphatic heterocycles. The van der Waals surface area contributed by atoms with Gasteiger partial charge >= 0.3 is 5.97 Å². The van der Waals surface area contributed by atoms with Crippen molar-refractivity contribution in [3.63, 3.8) is 0 Å². The number of hydrogen-bond donors (Lipinski definition) is 1. The van der Waals surface area contributed by atoms with Crippen LogP contribution in [0.4, 0.5) is 0 Å². The summed E-state index contributed by atoms with van der Waals surface area (Å²) >= 11 is 1.33. The highest BCUT2D eigenvalue weighted by Gasteiger charge is 2.24. The molecule has 13 heavy (non-hydrogen) atoms. The van der Waals surface area contributed by atoms with Crippen LogP contribution in [0.3, 0.4) is 0 Å². The molecule has 0 fully saturated rings. The van der Waals surface area contributed by atoms with Gasteiger partial charge in [0.2, 0.25) is 0 Å². The lowest BCUT2D eigenvalue weighted by Gasteiger charge is -2.06. The number of carbonyl (C=O) groups is 1. The predicted molar refractivity (Wildman–Crippen MR) is 52.4 cm³/mol. The summed E-state index contributed by atoms with van der Waals surface area (Å²) in [6, 6.07) is 3.47. The zero-order valence-electron chi connectivity index (χ0n) is 7.10. The third-order valence-corrected chi connectivity index (χ3v) is 4.63. The number of hydrogen-bond acceptors (Lipinski definition) is 3. The molecule has 0 saturated heterocycles. The van der Waals surface area contributed by atoms with E-state index in [0.29, 0.717) is 10.6 Å². The molecule has 72 valence electrons. The lowest BCUT2D eigenvalue weighted by atomic mass is 10.3. The van der Waals surface area contributed by atoms with Crippen molar-refractivity contribution in [3.05, 3.63) is 17.5 Å². The van der Waals surface area contributed by atoms with Crippen LogP contribution >= 0.6 is 11.3 Å². The molecule has 0 amide bonds. The Hall–Kier alpha value is -0.680. The number of carboxylic acids is 1. The summed E-state index contributed by atoms with van der Waals surface area (Å²) in [6.45, 7) is 1.73. The summed E-state index contributed by atoms with van der Waals surface area (Å²) < 4.78 is 12.3. The van der Waals surface area contributed by atoms with Gasteiger partial charge in [-0.25, -0.2) is 0 Å². The highest BCUT2D eigenvalue weighted by atomic mass is 32.2. The SMILES string of the molecule is CCC(C(=O)O)S(=O)c1cccs1. The minimum Gasteiger partial charge on any atom is -0.480 e. The first-order valence-corrected chi connectivity index (χ1v) is 5.93. The van der Waals surface area contributed by atoms with Crippen LogP contribution < -0.4 is 0 Å². The van der Waals surface area contributed by atoms with E-state index in [1.54, 1.807) is 24.4 Å².